The Labute approximate surface area is 106 Å². The molecule has 0 saturated carbocycles. The Morgan fingerprint density at radius 2 is 2.28 bits per heavy atom. The van der Waals surface area contributed by atoms with Crippen molar-refractivity contribution in [3.8, 4) is 0 Å². The average molecular weight is 247 g/mol. The summed E-state index contributed by atoms with van der Waals surface area (Å²) in [4.78, 5) is 11.7. The van der Waals surface area contributed by atoms with E-state index in [0.29, 0.717) is 18.9 Å². The van der Waals surface area contributed by atoms with Crippen molar-refractivity contribution >= 4 is 5.91 Å². The summed E-state index contributed by atoms with van der Waals surface area (Å²) in [5.41, 5.74) is 0.443. The molecule has 0 aromatic carbocycles. The number of carbonyl (C=O) groups excluding carboxylic acids is 1. The molecule has 6 heteroatoms. The molecule has 0 aliphatic heterocycles. The molecular weight excluding hydrogens is 230 g/mol. The van der Waals surface area contributed by atoms with Gasteiger partial charge < -0.3 is 5.32 Å². The summed E-state index contributed by atoms with van der Waals surface area (Å²) in [5, 5.41) is 11.1. The highest BCUT2D eigenvalue weighted by molar-refractivity contribution is 5.92. The van der Waals surface area contributed by atoms with Gasteiger partial charge >= 0.3 is 0 Å². The minimum absolute atomic E-state index is 0.123. The number of rotatable bonds is 6. The zero-order valence-electron chi connectivity index (χ0n) is 10.4. The molecule has 0 aliphatic rings. The van der Waals surface area contributed by atoms with E-state index in [1.165, 1.54) is 0 Å². The maximum atomic E-state index is 11.7. The van der Waals surface area contributed by atoms with Gasteiger partial charge in [0.25, 0.3) is 5.91 Å². The Hall–Kier alpha value is -2.11. The Bertz CT molecular complexity index is 488. The normalized spacial score (nSPS) is 10.5. The van der Waals surface area contributed by atoms with E-state index in [2.05, 4.69) is 22.4 Å². The van der Waals surface area contributed by atoms with Crippen LogP contribution in [0.3, 0.4) is 0 Å². The van der Waals surface area contributed by atoms with Crippen molar-refractivity contribution in [3.63, 3.8) is 0 Å². The Morgan fingerprint density at radius 1 is 1.39 bits per heavy atom. The third-order valence-electron chi connectivity index (χ3n) is 2.54. The first-order valence-corrected chi connectivity index (χ1v) is 6.08. The number of amides is 1. The van der Waals surface area contributed by atoms with Crippen molar-refractivity contribution < 1.29 is 4.79 Å². The number of unbranched alkanes of at least 4 members (excludes halogenated alkanes) is 1. The summed E-state index contributed by atoms with van der Waals surface area (Å²) in [6.07, 6.45) is 7.38. The monoisotopic (exact) mass is 247 g/mol. The van der Waals surface area contributed by atoms with Crippen LogP contribution in [-0.4, -0.2) is 32.0 Å². The molecule has 0 spiro atoms. The molecule has 96 valence electrons. The SMILES string of the molecule is CCCCNC(=O)c1ccn(Cn2cccn2)n1. The lowest BCUT2D eigenvalue weighted by Crippen LogP contribution is -2.25. The van der Waals surface area contributed by atoms with Crippen LogP contribution in [0, 0.1) is 0 Å². The van der Waals surface area contributed by atoms with Gasteiger partial charge in [-0.05, 0) is 18.6 Å². The summed E-state index contributed by atoms with van der Waals surface area (Å²) < 4.78 is 3.42. The quantitative estimate of drug-likeness (QED) is 0.778. The summed E-state index contributed by atoms with van der Waals surface area (Å²) in [6, 6.07) is 3.56. The Kier molecular flexibility index (Phi) is 4.11. The highest BCUT2D eigenvalue weighted by Crippen LogP contribution is 1.97. The molecule has 2 aromatic heterocycles. The molecule has 2 heterocycles. The van der Waals surface area contributed by atoms with Crippen LogP contribution in [0.1, 0.15) is 30.3 Å². The standard InChI is InChI=1S/C12H17N5O/c1-2-3-6-13-12(18)11-5-9-17(15-11)10-16-8-4-7-14-16/h4-5,7-9H,2-3,6,10H2,1H3,(H,13,18). The minimum Gasteiger partial charge on any atom is -0.351 e. The average Bonchev–Trinajstić information content (AvgIpc) is 3.01. The number of aromatic nitrogens is 4. The van der Waals surface area contributed by atoms with Crippen molar-refractivity contribution in [3.05, 3.63) is 36.4 Å². The fraction of sp³-hybridized carbons (Fsp3) is 0.417. The van der Waals surface area contributed by atoms with Gasteiger partial charge in [0.05, 0.1) is 0 Å². The molecule has 0 aliphatic carbocycles. The maximum absolute atomic E-state index is 11.7. The van der Waals surface area contributed by atoms with E-state index in [4.69, 9.17) is 0 Å². The molecule has 0 bridgehead atoms. The fourth-order valence-corrected chi connectivity index (χ4v) is 1.56. The first-order chi connectivity index (χ1) is 8.79. The highest BCUT2D eigenvalue weighted by Gasteiger charge is 2.08. The van der Waals surface area contributed by atoms with E-state index >= 15 is 0 Å². The second kappa shape index (κ2) is 6.00. The zero-order valence-corrected chi connectivity index (χ0v) is 10.4. The number of nitrogens with zero attached hydrogens (tertiary/aromatic N) is 4. The van der Waals surface area contributed by atoms with Crippen LogP contribution in [0.4, 0.5) is 0 Å². The first kappa shape index (κ1) is 12.3. The van der Waals surface area contributed by atoms with Crippen molar-refractivity contribution in [1.29, 1.82) is 0 Å². The highest BCUT2D eigenvalue weighted by atomic mass is 16.1. The number of carbonyl (C=O) groups is 1. The molecular formula is C12H17N5O. The molecule has 0 radical (unpaired) electrons. The Morgan fingerprint density at radius 3 is 3.00 bits per heavy atom. The molecule has 6 nitrogen and oxygen atoms in total. The summed E-state index contributed by atoms with van der Waals surface area (Å²) in [5.74, 6) is -0.123. The van der Waals surface area contributed by atoms with Crippen molar-refractivity contribution in [2.75, 3.05) is 6.54 Å². The van der Waals surface area contributed by atoms with Gasteiger partial charge in [0.1, 0.15) is 12.4 Å². The zero-order chi connectivity index (χ0) is 12.8. The molecule has 0 atom stereocenters. The summed E-state index contributed by atoms with van der Waals surface area (Å²) in [7, 11) is 0. The van der Waals surface area contributed by atoms with Crippen LogP contribution in [0.5, 0.6) is 0 Å². The van der Waals surface area contributed by atoms with Crippen LogP contribution < -0.4 is 5.32 Å². The molecule has 0 unspecified atom stereocenters. The number of nitrogens with one attached hydrogen (secondary N) is 1. The second-order valence-electron chi connectivity index (χ2n) is 4.04. The van der Waals surface area contributed by atoms with Crippen LogP contribution in [0.2, 0.25) is 0 Å². The molecule has 1 N–H and O–H groups in total. The van der Waals surface area contributed by atoms with Crippen molar-refractivity contribution in [2.45, 2.75) is 26.4 Å². The van der Waals surface area contributed by atoms with E-state index in [9.17, 15) is 4.79 Å². The molecule has 2 aromatic rings. The predicted molar refractivity (Wildman–Crippen MR) is 67.1 cm³/mol. The lowest BCUT2D eigenvalue weighted by atomic mass is 10.3. The van der Waals surface area contributed by atoms with Crippen LogP contribution in [0.15, 0.2) is 30.7 Å². The molecule has 1 amide bonds. The third kappa shape index (κ3) is 3.19. The van der Waals surface area contributed by atoms with Gasteiger partial charge in [-0.2, -0.15) is 10.2 Å². The van der Waals surface area contributed by atoms with Gasteiger partial charge in [0.15, 0.2) is 0 Å². The fourth-order valence-electron chi connectivity index (χ4n) is 1.56. The Balaban J connectivity index is 1.91. The minimum atomic E-state index is -0.123. The summed E-state index contributed by atoms with van der Waals surface area (Å²) in [6.45, 7) is 3.29. The molecule has 0 saturated heterocycles. The van der Waals surface area contributed by atoms with Crippen LogP contribution in [0.25, 0.3) is 0 Å². The van der Waals surface area contributed by atoms with Crippen molar-refractivity contribution in [1.82, 2.24) is 24.9 Å². The van der Waals surface area contributed by atoms with Gasteiger partial charge in [-0.15, -0.1) is 0 Å². The van der Waals surface area contributed by atoms with Gasteiger partial charge in [0.2, 0.25) is 0 Å². The first-order valence-electron chi connectivity index (χ1n) is 6.08. The van der Waals surface area contributed by atoms with Gasteiger partial charge in [0, 0.05) is 25.1 Å². The van der Waals surface area contributed by atoms with E-state index in [1.807, 2.05) is 12.3 Å². The lowest BCUT2D eigenvalue weighted by Gasteiger charge is -2.02. The van der Waals surface area contributed by atoms with Crippen LogP contribution >= 0.6 is 0 Å². The van der Waals surface area contributed by atoms with Crippen molar-refractivity contribution in [2.24, 2.45) is 0 Å². The van der Waals surface area contributed by atoms with E-state index in [-0.39, 0.29) is 5.91 Å². The van der Waals surface area contributed by atoms with E-state index in [0.717, 1.165) is 12.8 Å². The lowest BCUT2D eigenvalue weighted by molar-refractivity contribution is 0.0947. The number of hydrogen-bond acceptors (Lipinski definition) is 3. The van der Waals surface area contributed by atoms with Gasteiger partial charge in [-0.3, -0.25) is 14.2 Å². The smallest absolute Gasteiger partial charge is 0.271 e. The molecule has 0 fully saturated rings. The maximum Gasteiger partial charge on any atom is 0.271 e. The second-order valence-corrected chi connectivity index (χ2v) is 4.04. The van der Waals surface area contributed by atoms with E-state index < -0.39 is 0 Å². The van der Waals surface area contributed by atoms with Gasteiger partial charge in [-0.25, -0.2) is 0 Å². The molecule has 2 rings (SSSR count). The largest absolute Gasteiger partial charge is 0.351 e. The van der Waals surface area contributed by atoms with Gasteiger partial charge in [-0.1, -0.05) is 13.3 Å². The topological polar surface area (TPSA) is 64.7 Å². The third-order valence-corrected chi connectivity index (χ3v) is 2.54. The predicted octanol–water partition coefficient (Wildman–Crippen LogP) is 1.12. The van der Waals surface area contributed by atoms with Crippen LogP contribution in [-0.2, 0) is 6.67 Å². The number of hydrogen-bond donors (Lipinski definition) is 1. The molecule has 18 heavy (non-hydrogen) atoms. The summed E-state index contributed by atoms with van der Waals surface area (Å²) >= 11 is 0. The van der Waals surface area contributed by atoms with E-state index in [1.54, 1.807) is 27.8 Å².